The average molecular weight is 645 g/mol. The van der Waals surface area contributed by atoms with Crippen LogP contribution in [0.25, 0.3) is 0 Å². The fourth-order valence-electron chi connectivity index (χ4n) is 4.40. The smallest absolute Gasteiger partial charge is 0.264 e. The van der Waals surface area contributed by atoms with Gasteiger partial charge in [-0.2, -0.15) is 0 Å². The van der Waals surface area contributed by atoms with E-state index in [1.165, 1.54) is 17.0 Å². The van der Waals surface area contributed by atoms with E-state index in [1.807, 2.05) is 51.1 Å². The normalized spacial score (nSPS) is 11.9. The van der Waals surface area contributed by atoms with Gasteiger partial charge in [0.05, 0.1) is 17.2 Å². The summed E-state index contributed by atoms with van der Waals surface area (Å²) in [4.78, 5) is 28.7. The molecule has 0 spiro atoms. The second-order valence-electron chi connectivity index (χ2n) is 9.43. The van der Waals surface area contributed by atoms with Crippen LogP contribution >= 0.6 is 15.9 Å². The Balaban J connectivity index is 2.00. The lowest BCUT2D eigenvalue weighted by molar-refractivity contribution is -0.139. The van der Waals surface area contributed by atoms with Crippen LogP contribution in [0, 0.1) is 0 Å². The van der Waals surface area contributed by atoms with E-state index in [2.05, 4.69) is 21.2 Å². The number of carbonyl (C=O) groups is 2. The highest BCUT2D eigenvalue weighted by Gasteiger charge is 2.33. The van der Waals surface area contributed by atoms with Gasteiger partial charge >= 0.3 is 0 Å². The lowest BCUT2D eigenvalue weighted by atomic mass is 10.1. The van der Waals surface area contributed by atoms with Crippen molar-refractivity contribution >= 4 is 43.5 Å². The first-order chi connectivity index (χ1) is 19.7. The van der Waals surface area contributed by atoms with Crippen molar-refractivity contribution in [3.63, 3.8) is 0 Å². The average Bonchev–Trinajstić information content (AvgIpc) is 2.98. The van der Waals surface area contributed by atoms with Gasteiger partial charge in [0.2, 0.25) is 11.8 Å². The molecule has 2 amide bonds. The van der Waals surface area contributed by atoms with E-state index in [1.54, 1.807) is 36.4 Å². The molecule has 0 unspecified atom stereocenters. The monoisotopic (exact) mass is 643 g/mol. The SMILES string of the molecule is CCCNC(=O)[C@@H](CC)N(CCc1ccccc1)C(=O)CN(c1ccc(OCC)cc1)S(=O)(=O)c1ccc(Br)cc1. The first-order valence-corrected chi connectivity index (χ1v) is 16.1. The third-order valence-corrected chi connectivity index (χ3v) is 8.85. The first-order valence-electron chi connectivity index (χ1n) is 13.8. The molecule has 0 aromatic heterocycles. The summed E-state index contributed by atoms with van der Waals surface area (Å²) in [6.45, 7) is 6.42. The molecule has 0 aliphatic carbocycles. The fraction of sp³-hybridized carbons (Fsp3) is 0.355. The number of benzene rings is 3. The second-order valence-corrected chi connectivity index (χ2v) is 12.2. The maximum Gasteiger partial charge on any atom is 0.264 e. The molecule has 3 aromatic rings. The van der Waals surface area contributed by atoms with E-state index in [-0.39, 0.29) is 17.3 Å². The van der Waals surface area contributed by atoms with Gasteiger partial charge in [-0.25, -0.2) is 8.42 Å². The number of amides is 2. The topological polar surface area (TPSA) is 96.0 Å². The predicted octanol–water partition coefficient (Wildman–Crippen LogP) is 5.42. The summed E-state index contributed by atoms with van der Waals surface area (Å²) in [7, 11) is -4.13. The number of nitrogens with one attached hydrogen (secondary N) is 1. The van der Waals surface area contributed by atoms with Crippen LogP contribution in [0.3, 0.4) is 0 Å². The number of anilines is 1. The number of hydrogen-bond acceptors (Lipinski definition) is 5. The largest absolute Gasteiger partial charge is 0.494 e. The van der Waals surface area contributed by atoms with Crippen LogP contribution in [-0.4, -0.2) is 57.4 Å². The van der Waals surface area contributed by atoms with Crippen molar-refractivity contribution in [1.82, 2.24) is 10.2 Å². The predicted molar refractivity (Wildman–Crippen MR) is 166 cm³/mol. The van der Waals surface area contributed by atoms with E-state index < -0.39 is 28.5 Å². The summed E-state index contributed by atoms with van der Waals surface area (Å²) in [5.74, 6) is -0.125. The van der Waals surface area contributed by atoms with Gasteiger partial charge in [-0.3, -0.25) is 13.9 Å². The Labute approximate surface area is 251 Å². The number of nitrogens with zero attached hydrogens (tertiary/aromatic N) is 2. The third-order valence-electron chi connectivity index (χ3n) is 6.54. The summed E-state index contributed by atoms with van der Waals surface area (Å²) >= 11 is 3.35. The van der Waals surface area contributed by atoms with Crippen LogP contribution in [0.2, 0.25) is 0 Å². The van der Waals surface area contributed by atoms with E-state index in [4.69, 9.17) is 4.74 Å². The summed E-state index contributed by atoms with van der Waals surface area (Å²) < 4.78 is 35.2. The Kier molecular flexibility index (Phi) is 12.2. The molecule has 220 valence electrons. The molecule has 10 heteroatoms. The highest BCUT2D eigenvalue weighted by atomic mass is 79.9. The van der Waals surface area contributed by atoms with E-state index in [9.17, 15) is 18.0 Å². The van der Waals surface area contributed by atoms with Gasteiger partial charge in [-0.15, -0.1) is 0 Å². The molecule has 0 aliphatic rings. The number of carbonyl (C=O) groups excluding carboxylic acids is 2. The zero-order valence-electron chi connectivity index (χ0n) is 23.8. The number of ether oxygens (including phenoxy) is 1. The van der Waals surface area contributed by atoms with Crippen molar-refractivity contribution in [3.05, 3.63) is 88.9 Å². The van der Waals surface area contributed by atoms with Gasteiger partial charge < -0.3 is 15.0 Å². The summed E-state index contributed by atoms with van der Waals surface area (Å²) in [6, 6.07) is 21.8. The summed E-state index contributed by atoms with van der Waals surface area (Å²) in [6.07, 6.45) is 1.67. The maximum atomic E-state index is 14.0. The van der Waals surface area contributed by atoms with Crippen molar-refractivity contribution in [2.24, 2.45) is 0 Å². The lowest BCUT2D eigenvalue weighted by Crippen LogP contribution is -2.53. The van der Waals surface area contributed by atoms with Crippen molar-refractivity contribution in [3.8, 4) is 5.75 Å². The molecule has 3 aromatic carbocycles. The summed E-state index contributed by atoms with van der Waals surface area (Å²) in [5, 5.41) is 2.90. The minimum absolute atomic E-state index is 0.0472. The van der Waals surface area contributed by atoms with Crippen LogP contribution in [0.1, 0.15) is 39.2 Å². The Morgan fingerprint density at radius 2 is 1.59 bits per heavy atom. The fourth-order valence-corrected chi connectivity index (χ4v) is 6.08. The number of sulfonamides is 1. The Bertz CT molecular complexity index is 1370. The standard InChI is InChI=1S/C31H38BrN3O5S/c1-4-21-33-31(37)29(5-2)34(22-20-24-10-8-7-9-11-24)30(36)23-35(26-14-16-27(17-15-26)40-6-3)41(38,39)28-18-12-25(32)13-19-28/h7-19,29H,4-6,20-23H2,1-3H3,(H,33,37)/t29-/m1/s1. The van der Waals surface area contributed by atoms with E-state index >= 15 is 0 Å². The summed E-state index contributed by atoms with van der Waals surface area (Å²) in [5.41, 5.74) is 1.33. The minimum atomic E-state index is -4.13. The Morgan fingerprint density at radius 1 is 0.927 bits per heavy atom. The molecule has 1 atom stereocenters. The zero-order valence-corrected chi connectivity index (χ0v) is 26.2. The van der Waals surface area contributed by atoms with E-state index in [0.717, 1.165) is 20.8 Å². The zero-order chi connectivity index (χ0) is 29.8. The highest BCUT2D eigenvalue weighted by Crippen LogP contribution is 2.27. The molecular formula is C31H38BrN3O5S. The Morgan fingerprint density at radius 3 is 2.17 bits per heavy atom. The Hall–Kier alpha value is -3.37. The molecule has 1 N–H and O–H groups in total. The van der Waals surface area contributed by atoms with Crippen LogP contribution in [0.15, 0.2) is 88.2 Å². The first kappa shape index (κ1) is 32.1. The minimum Gasteiger partial charge on any atom is -0.494 e. The quantitative estimate of drug-likeness (QED) is 0.239. The molecular weight excluding hydrogens is 606 g/mol. The molecule has 0 heterocycles. The van der Waals surface area contributed by atoms with Gasteiger partial charge in [-0.05, 0) is 80.3 Å². The van der Waals surface area contributed by atoms with Crippen molar-refractivity contribution in [2.75, 3.05) is 30.5 Å². The van der Waals surface area contributed by atoms with Crippen LogP contribution < -0.4 is 14.4 Å². The molecule has 41 heavy (non-hydrogen) atoms. The number of hydrogen-bond donors (Lipinski definition) is 1. The molecule has 0 aliphatic heterocycles. The number of halogens is 1. The maximum absolute atomic E-state index is 14.0. The van der Waals surface area contributed by atoms with E-state index in [0.29, 0.717) is 37.4 Å². The van der Waals surface area contributed by atoms with Crippen LogP contribution in [0.4, 0.5) is 5.69 Å². The van der Waals surface area contributed by atoms with Crippen molar-refractivity contribution < 1.29 is 22.7 Å². The molecule has 0 radical (unpaired) electrons. The number of rotatable bonds is 15. The van der Waals surface area contributed by atoms with Crippen LogP contribution in [0.5, 0.6) is 5.75 Å². The lowest BCUT2D eigenvalue weighted by Gasteiger charge is -2.33. The van der Waals surface area contributed by atoms with Gasteiger partial charge in [0.25, 0.3) is 10.0 Å². The van der Waals surface area contributed by atoms with Crippen molar-refractivity contribution in [1.29, 1.82) is 0 Å². The van der Waals surface area contributed by atoms with Gasteiger partial charge in [0, 0.05) is 17.6 Å². The molecule has 3 rings (SSSR count). The molecule has 0 bridgehead atoms. The molecule has 0 fully saturated rings. The molecule has 0 saturated heterocycles. The highest BCUT2D eigenvalue weighted by molar-refractivity contribution is 9.10. The van der Waals surface area contributed by atoms with Gasteiger partial charge in [0.15, 0.2) is 0 Å². The third kappa shape index (κ3) is 8.81. The van der Waals surface area contributed by atoms with Crippen molar-refractivity contribution in [2.45, 2.75) is 51.0 Å². The van der Waals surface area contributed by atoms with Crippen LogP contribution in [-0.2, 0) is 26.0 Å². The van der Waals surface area contributed by atoms with Gasteiger partial charge in [-0.1, -0.05) is 60.1 Å². The van der Waals surface area contributed by atoms with Gasteiger partial charge in [0.1, 0.15) is 18.3 Å². The molecule has 8 nitrogen and oxygen atoms in total. The molecule has 0 saturated carbocycles. The second kappa shape index (κ2) is 15.6.